The van der Waals surface area contributed by atoms with E-state index in [0.717, 1.165) is 17.0 Å². The third-order valence-electron chi connectivity index (χ3n) is 4.17. The van der Waals surface area contributed by atoms with Crippen LogP contribution in [0.5, 0.6) is 5.75 Å². The third-order valence-corrected chi connectivity index (χ3v) is 5.31. The Morgan fingerprint density at radius 3 is 2.81 bits per heavy atom. The van der Waals surface area contributed by atoms with E-state index in [-0.39, 0.29) is 12.0 Å². The van der Waals surface area contributed by atoms with E-state index < -0.39 is 0 Å². The Morgan fingerprint density at radius 2 is 2.04 bits per heavy atom. The normalized spacial score (nSPS) is 16.1. The number of rotatable bonds is 2. The Labute approximate surface area is 155 Å². The molecule has 0 spiro atoms. The van der Waals surface area contributed by atoms with Gasteiger partial charge in [0.15, 0.2) is 10.8 Å². The van der Waals surface area contributed by atoms with Crippen molar-refractivity contribution in [3.8, 4) is 16.6 Å². The Hall–Kier alpha value is -2.80. The summed E-state index contributed by atoms with van der Waals surface area (Å²) in [6, 6.07) is 7.65. The number of anilines is 1. The molecule has 0 unspecified atom stereocenters. The molecule has 0 N–H and O–H groups in total. The molecule has 0 radical (unpaired) electrons. The van der Waals surface area contributed by atoms with Gasteiger partial charge in [-0.1, -0.05) is 6.07 Å². The van der Waals surface area contributed by atoms with Gasteiger partial charge in [0, 0.05) is 12.4 Å². The summed E-state index contributed by atoms with van der Waals surface area (Å²) in [6.07, 6.45) is 3.27. The monoisotopic (exact) mass is 366 g/mol. The standard InChI is InChI=1S/C19H18N4O2S/c1-11-5-6-15-14(9-11)23(10-12(2)25-15)19(24)16-13(3)22-18(26-16)17-20-7-4-8-21-17/h4-9,12H,10H2,1-3H3/t12-/m1/s1. The average molecular weight is 366 g/mol. The second kappa shape index (κ2) is 6.49. The largest absolute Gasteiger partial charge is 0.487 e. The van der Waals surface area contributed by atoms with Gasteiger partial charge in [0.1, 0.15) is 16.7 Å². The van der Waals surface area contributed by atoms with Gasteiger partial charge in [-0.25, -0.2) is 15.0 Å². The molecule has 6 nitrogen and oxygen atoms in total. The highest BCUT2D eigenvalue weighted by atomic mass is 32.1. The summed E-state index contributed by atoms with van der Waals surface area (Å²) in [5.74, 6) is 1.20. The maximum absolute atomic E-state index is 13.3. The SMILES string of the molecule is Cc1ccc2c(c1)N(C(=O)c1sc(-c3ncccn3)nc1C)C[C@@H](C)O2. The summed E-state index contributed by atoms with van der Waals surface area (Å²) < 4.78 is 5.88. The molecule has 3 aromatic rings. The molecule has 7 heteroatoms. The second-order valence-electron chi connectivity index (χ2n) is 6.32. The molecule has 3 heterocycles. The molecule has 0 saturated heterocycles. The third kappa shape index (κ3) is 2.94. The Balaban J connectivity index is 1.73. The van der Waals surface area contributed by atoms with Crippen LogP contribution in [-0.2, 0) is 0 Å². The molecule has 0 saturated carbocycles. The first kappa shape index (κ1) is 16.7. The van der Waals surface area contributed by atoms with Crippen molar-refractivity contribution in [1.82, 2.24) is 15.0 Å². The smallest absolute Gasteiger partial charge is 0.270 e. The topological polar surface area (TPSA) is 68.2 Å². The quantitative estimate of drug-likeness (QED) is 0.692. The first-order chi connectivity index (χ1) is 12.5. The number of carbonyl (C=O) groups is 1. The number of fused-ring (bicyclic) bond motifs is 1. The lowest BCUT2D eigenvalue weighted by molar-refractivity contribution is 0.0964. The Bertz CT molecular complexity index is 971. The first-order valence-corrected chi connectivity index (χ1v) is 9.18. The van der Waals surface area contributed by atoms with Crippen molar-refractivity contribution >= 4 is 22.9 Å². The molecule has 1 aliphatic rings. The minimum Gasteiger partial charge on any atom is -0.487 e. The minimum absolute atomic E-state index is 0.0656. The lowest BCUT2D eigenvalue weighted by Gasteiger charge is -2.33. The minimum atomic E-state index is -0.0701. The fourth-order valence-electron chi connectivity index (χ4n) is 2.96. The number of hydrogen-bond acceptors (Lipinski definition) is 6. The van der Waals surface area contributed by atoms with Crippen LogP contribution in [0.4, 0.5) is 5.69 Å². The van der Waals surface area contributed by atoms with Gasteiger partial charge in [0.25, 0.3) is 5.91 Å². The van der Waals surface area contributed by atoms with Crippen molar-refractivity contribution in [2.45, 2.75) is 26.9 Å². The van der Waals surface area contributed by atoms with Gasteiger partial charge < -0.3 is 9.64 Å². The zero-order chi connectivity index (χ0) is 18.3. The molecular weight excluding hydrogens is 348 g/mol. The van der Waals surface area contributed by atoms with Crippen molar-refractivity contribution in [3.63, 3.8) is 0 Å². The number of thiazole rings is 1. The highest BCUT2D eigenvalue weighted by molar-refractivity contribution is 7.17. The van der Waals surface area contributed by atoms with E-state index in [1.54, 1.807) is 23.4 Å². The summed E-state index contributed by atoms with van der Waals surface area (Å²) in [7, 11) is 0. The van der Waals surface area contributed by atoms with Gasteiger partial charge in [-0.05, 0) is 44.5 Å². The van der Waals surface area contributed by atoms with Crippen molar-refractivity contribution in [1.29, 1.82) is 0 Å². The maximum Gasteiger partial charge on any atom is 0.270 e. The van der Waals surface area contributed by atoms with Crippen molar-refractivity contribution in [2.24, 2.45) is 0 Å². The van der Waals surface area contributed by atoms with E-state index in [0.29, 0.717) is 27.9 Å². The van der Waals surface area contributed by atoms with E-state index in [4.69, 9.17) is 4.74 Å². The lowest BCUT2D eigenvalue weighted by Crippen LogP contribution is -2.42. The van der Waals surface area contributed by atoms with E-state index in [9.17, 15) is 4.79 Å². The van der Waals surface area contributed by atoms with E-state index in [2.05, 4.69) is 15.0 Å². The van der Waals surface area contributed by atoms with Crippen LogP contribution in [-0.4, -0.2) is 33.5 Å². The number of carbonyl (C=O) groups excluding carboxylic acids is 1. The van der Waals surface area contributed by atoms with Gasteiger partial charge >= 0.3 is 0 Å². The predicted octanol–water partition coefficient (Wildman–Crippen LogP) is 3.64. The summed E-state index contributed by atoms with van der Waals surface area (Å²) in [4.78, 5) is 28.6. The number of ether oxygens (including phenoxy) is 1. The van der Waals surface area contributed by atoms with Crippen LogP contribution in [0, 0.1) is 13.8 Å². The summed E-state index contributed by atoms with van der Waals surface area (Å²) in [5.41, 5.74) is 2.58. The zero-order valence-electron chi connectivity index (χ0n) is 14.8. The van der Waals surface area contributed by atoms with Crippen molar-refractivity contribution < 1.29 is 9.53 Å². The van der Waals surface area contributed by atoms with Crippen LogP contribution >= 0.6 is 11.3 Å². The van der Waals surface area contributed by atoms with Crippen LogP contribution in [0.3, 0.4) is 0 Å². The molecule has 26 heavy (non-hydrogen) atoms. The van der Waals surface area contributed by atoms with Crippen LogP contribution in [0.15, 0.2) is 36.7 Å². The molecule has 1 amide bonds. The predicted molar refractivity (Wildman–Crippen MR) is 101 cm³/mol. The van der Waals surface area contributed by atoms with Crippen LogP contribution in [0.1, 0.15) is 27.9 Å². The number of aryl methyl sites for hydroxylation is 2. The fraction of sp³-hybridized carbons (Fsp3) is 0.263. The Morgan fingerprint density at radius 1 is 1.27 bits per heavy atom. The maximum atomic E-state index is 13.3. The van der Waals surface area contributed by atoms with E-state index >= 15 is 0 Å². The van der Waals surface area contributed by atoms with Crippen molar-refractivity contribution in [2.75, 3.05) is 11.4 Å². The average Bonchev–Trinajstić information content (AvgIpc) is 3.03. The van der Waals surface area contributed by atoms with Gasteiger partial charge in [-0.3, -0.25) is 4.79 Å². The molecule has 2 aromatic heterocycles. The van der Waals surface area contributed by atoms with Crippen LogP contribution < -0.4 is 9.64 Å². The highest BCUT2D eigenvalue weighted by Gasteiger charge is 2.31. The molecule has 132 valence electrons. The van der Waals surface area contributed by atoms with E-state index in [1.807, 2.05) is 39.0 Å². The molecule has 4 rings (SSSR count). The molecule has 1 atom stereocenters. The fourth-order valence-corrected chi connectivity index (χ4v) is 3.93. The number of nitrogens with zero attached hydrogens (tertiary/aromatic N) is 4. The molecular formula is C19H18N4O2S. The molecule has 1 aliphatic heterocycles. The molecule has 0 bridgehead atoms. The van der Waals surface area contributed by atoms with Crippen LogP contribution in [0.25, 0.3) is 10.8 Å². The molecule has 0 aliphatic carbocycles. The summed E-state index contributed by atoms with van der Waals surface area (Å²) in [6.45, 7) is 6.32. The van der Waals surface area contributed by atoms with Gasteiger partial charge in [0.2, 0.25) is 0 Å². The van der Waals surface area contributed by atoms with Crippen molar-refractivity contribution in [3.05, 3.63) is 52.8 Å². The summed E-state index contributed by atoms with van der Waals surface area (Å²) in [5, 5.41) is 0.650. The molecule has 0 fully saturated rings. The molecule has 1 aromatic carbocycles. The zero-order valence-corrected chi connectivity index (χ0v) is 15.6. The number of hydrogen-bond donors (Lipinski definition) is 0. The lowest BCUT2D eigenvalue weighted by atomic mass is 10.1. The van der Waals surface area contributed by atoms with Crippen LogP contribution in [0.2, 0.25) is 0 Å². The number of benzene rings is 1. The van der Waals surface area contributed by atoms with Gasteiger partial charge in [0.05, 0.1) is 17.9 Å². The number of aromatic nitrogens is 3. The Kier molecular flexibility index (Phi) is 4.16. The highest BCUT2D eigenvalue weighted by Crippen LogP contribution is 2.36. The van der Waals surface area contributed by atoms with Gasteiger partial charge in [-0.2, -0.15) is 0 Å². The van der Waals surface area contributed by atoms with E-state index in [1.165, 1.54) is 11.3 Å². The van der Waals surface area contributed by atoms with Gasteiger partial charge in [-0.15, -0.1) is 11.3 Å². The second-order valence-corrected chi connectivity index (χ2v) is 7.32. The summed E-state index contributed by atoms with van der Waals surface area (Å²) >= 11 is 1.33. The number of amides is 1. The first-order valence-electron chi connectivity index (χ1n) is 8.37.